The van der Waals surface area contributed by atoms with Gasteiger partial charge in [-0.2, -0.15) is 0 Å². The Kier molecular flexibility index (Phi) is 3.34. The summed E-state index contributed by atoms with van der Waals surface area (Å²) in [7, 11) is 2.09. The Bertz CT molecular complexity index is 359. The van der Waals surface area contributed by atoms with Crippen LogP contribution in [0.15, 0.2) is 18.2 Å². The minimum Gasteiger partial charge on any atom is -0.398 e. The number of anilines is 2. The second-order valence-electron chi connectivity index (χ2n) is 4.56. The average Bonchev–Trinajstić information content (AvgIpc) is 2.74. The molecule has 1 atom stereocenters. The van der Waals surface area contributed by atoms with Crippen LogP contribution in [0.3, 0.4) is 0 Å². The molecule has 0 aliphatic carbocycles. The zero-order valence-corrected chi connectivity index (χ0v) is 10.1. The molecule has 0 saturated carbocycles. The van der Waals surface area contributed by atoms with Crippen LogP contribution < -0.4 is 10.6 Å². The summed E-state index contributed by atoms with van der Waals surface area (Å²) in [6.07, 6.45) is 2.74. The summed E-state index contributed by atoms with van der Waals surface area (Å²) < 4.78 is 5.63. The van der Waals surface area contributed by atoms with Crippen molar-refractivity contribution in [3.05, 3.63) is 23.8 Å². The van der Waals surface area contributed by atoms with Crippen molar-refractivity contribution in [2.75, 3.05) is 30.8 Å². The first-order valence-corrected chi connectivity index (χ1v) is 5.85. The second kappa shape index (κ2) is 4.74. The summed E-state index contributed by atoms with van der Waals surface area (Å²) in [6.45, 7) is 3.89. The van der Waals surface area contributed by atoms with E-state index in [1.807, 2.05) is 13.0 Å². The lowest BCUT2D eigenvalue weighted by Crippen LogP contribution is -2.28. The van der Waals surface area contributed by atoms with Crippen LogP contribution in [0.25, 0.3) is 0 Å². The summed E-state index contributed by atoms with van der Waals surface area (Å²) in [4.78, 5) is 2.21. The van der Waals surface area contributed by atoms with Crippen molar-refractivity contribution < 1.29 is 4.74 Å². The standard InChI is InChI=1S/C13H20N2O/c1-10-5-6-11(8-13(10)14)15(2)9-12-4-3-7-16-12/h5-6,8,12H,3-4,7,9,14H2,1-2H3. The highest BCUT2D eigenvalue weighted by atomic mass is 16.5. The van der Waals surface area contributed by atoms with Crippen molar-refractivity contribution in [2.24, 2.45) is 0 Å². The van der Waals surface area contributed by atoms with Gasteiger partial charge in [0.2, 0.25) is 0 Å². The van der Waals surface area contributed by atoms with Crippen molar-refractivity contribution in [1.82, 2.24) is 0 Å². The Balaban J connectivity index is 2.02. The molecule has 1 aromatic rings. The maximum Gasteiger partial charge on any atom is 0.0750 e. The van der Waals surface area contributed by atoms with E-state index in [-0.39, 0.29) is 0 Å². The molecular weight excluding hydrogens is 200 g/mol. The third-order valence-corrected chi connectivity index (χ3v) is 3.21. The van der Waals surface area contributed by atoms with Crippen molar-refractivity contribution in [3.8, 4) is 0 Å². The fourth-order valence-electron chi connectivity index (χ4n) is 2.06. The van der Waals surface area contributed by atoms with Gasteiger partial charge in [0.15, 0.2) is 0 Å². The Labute approximate surface area is 97.2 Å². The average molecular weight is 220 g/mol. The lowest BCUT2D eigenvalue weighted by Gasteiger charge is -2.23. The minimum absolute atomic E-state index is 0.382. The van der Waals surface area contributed by atoms with Gasteiger partial charge in [0.1, 0.15) is 0 Å². The van der Waals surface area contributed by atoms with E-state index in [9.17, 15) is 0 Å². The van der Waals surface area contributed by atoms with Crippen LogP contribution in [-0.2, 0) is 4.74 Å². The van der Waals surface area contributed by atoms with Gasteiger partial charge in [0.25, 0.3) is 0 Å². The first kappa shape index (κ1) is 11.3. The summed E-state index contributed by atoms with van der Waals surface area (Å²) in [5.41, 5.74) is 9.07. The molecule has 1 fully saturated rings. The molecule has 1 unspecified atom stereocenters. The molecule has 0 aromatic heterocycles. The second-order valence-corrected chi connectivity index (χ2v) is 4.56. The zero-order chi connectivity index (χ0) is 11.5. The van der Waals surface area contributed by atoms with E-state index in [0.29, 0.717) is 6.10 Å². The van der Waals surface area contributed by atoms with E-state index in [4.69, 9.17) is 10.5 Å². The fourth-order valence-corrected chi connectivity index (χ4v) is 2.06. The molecule has 16 heavy (non-hydrogen) atoms. The Hall–Kier alpha value is -1.22. The summed E-state index contributed by atoms with van der Waals surface area (Å²) in [5, 5.41) is 0. The summed E-state index contributed by atoms with van der Waals surface area (Å²) in [5.74, 6) is 0. The van der Waals surface area contributed by atoms with Gasteiger partial charge in [-0.05, 0) is 37.5 Å². The van der Waals surface area contributed by atoms with E-state index in [1.54, 1.807) is 0 Å². The van der Waals surface area contributed by atoms with Crippen molar-refractivity contribution in [1.29, 1.82) is 0 Å². The van der Waals surface area contributed by atoms with E-state index in [2.05, 4.69) is 24.1 Å². The molecule has 0 bridgehead atoms. The van der Waals surface area contributed by atoms with Crippen molar-refractivity contribution >= 4 is 11.4 Å². The fraction of sp³-hybridized carbons (Fsp3) is 0.538. The number of nitrogens with zero attached hydrogens (tertiary/aromatic N) is 1. The van der Waals surface area contributed by atoms with Gasteiger partial charge < -0.3 is 15.4 Å². The molecule has 88 valence electrons. The third kappa shape index (κ3) is 2.47. The Morgan fingerprint density at radius 1 is 1.50 bits per heavy atom. The van der Waals surface area contributed by atoms with Gasteiger partial charge >= 0.3 is 0 Å². The molecule has 1 aliphatic rings. The van der Waals surface area contributed by atoms with E-state index in [1.165, 1.54) is 18.5 Å². The molecule has 1 saturated heterocycles. The van der Waals surface area contributed by atoms with Crippen LogP contribution >= 0.6 is 0 Å². The molecule has 1 aromatic carbocycles. The van der Waals surface area contributed by atoms with E-state index >= 15 is 0 Å². The normalized spacial score (nSPS) is 20.0. The molecule has 0 radical (unpaired) electrons. The smallest absolute Gasteiger partial charge is 0.0750 e. The number of hydrogen-bond acceptors (Lipinski definition) is 3. The third-order valence-electron chi connectivity index (χ3n) is 3.21. The molecule has 1 aliphatic heterocycles. The van der Waals surface area contributed by atoms with Gasteiger partial charge in [-0.1, -0.05) is 6.07 Å². The monoisotopic (exact) mass is 220 g/mol. The van der Waals surface area contributed by atoms with Crippen LogP contribution in [0.1, 0.15) is 18.4 Å². The van der Waals surface area contributed by atoms with Crippen molar-refractivity contribution in [3.63, 3.8) is 0 Å². The number of nitrogens with two attached hydrogens (primary N) is 1. The molecule has 3 nitrogen and oxygen atoms in total. The molecule has 1 heterocycles. The Morgan fingerprint density at radius 3 is 2.94 bits per heavy atom. The predicted molar refractivity (Wildman–Crippen MR) is 67.8 cm³/mol. The molecule has 0 spiro atoms. The first-order valence-electron chi connectivity index (χ1n) is 5.85. The number of ether oxygens (including phenoxy) is 1. The SMILES string of the molecule is Cc1ccc(N(C)CC2CCCO2)cc1N. The molecular formula is C13H20N2O. The Morgan fingerprint density at radius 2 is 2.31 bits per heavy atom. The highest BCUT2D eigenvalue weighted by Gasteiger charge is 2.17. The molecule has 2 N–H and O–H groups in total. The first-order chi connectivity index (χ1) is 7.66. The number of rotatable bonds is 3. The maximum absolute atomic E-state index is 5.91. The minimum atomic E-state index is 0.382. The van der Waals surface area contributed by atoms with Gasteiger partial charge in [0.05, 0.1) is 6.10 Å². The summed E-state index contributed by atoms with van der Waals surface area (Å²) in [6, 6.07) is 6.21. The van der Waals surface area contributed by atoms with Gasteiger partial charge in [-0.25, -0.2) is 0 Å². The highest BCUT2D eigenvalue weighted by molar-refractivity contribution is 5.59. The number of nitrogen functional groups attached to an aromatic ring is 1. The van der Waals surface area contributed by atoms with Gasteiger partial charge in [-0.3, -0.25) is 0 Å². The maximum atomic E-state index is 5.91. The zero-order valence-electron chi connectivity index (χ0n) is 10.1. The van der Waals surface area contributed by atoms with Crippen LogP contribution in [0.5, 0.6) is 0 Å². The number of hydrogen-bond donors (Lipinski definition) is 1. The van der Waals surface area contributed by atoms with Gasteiger partial charge in [0, 0.05) is 31.6 Å². The van der Waals surface area contributed by atoms with E-state index in [0.717, 1.165) is 24.4 Å². The topological polar surface area (TPSA) is 38.5 Å². The largest absolute Gasteiger partial charge is 0.398 e. The lowest BCUT2D eigenvalue weighted by atomic mass is 10.1. The van der Waals surface area contributed by atoms with Crippen LogP contribution in [0.2, 0.25) is 0 Å². The number of likely N-dealkylation sites (N-methyl/N-ethyl adjacent to an activating group) is 1. The highest BCUT2D eigenvalue weighted by Crippen LogP contribution is 2.22. The summed E-state index contributed by atoms with van der Waals surface area (Å²) >= 11 is 0. The van der Waals surface area contributed by atoms with Crippen LogP contribution in [0, 0.1) is 6.92 Å². The van der Waals surface area contributed by atoms with Crippen LogP contribution in [0.4, 0.5) is 11.4 Å². The van der Waals surface area contributed by atoms with E-state index < -0.39 is 0 Å². The lowest BCUT2D eigenvalue weighted by molar-refractivity contribution is 0.116. The van der Waals surface area contributed by atoms with Crippen LogP contribution in [-0.4, -0.2) is 26.3 Å². The molecule has 0 amide bonds. The number of benzene rings is 1. The quantitative estimate of drug-likeness (QED) is 0.794. The molecule has 2 rings (SSSR count). The predicted octanol–water partition coefficient (Wildman–Crippen LogP) is 2.19. The van der Waals surface area contributed by atoms with Crippen molar-refractivity contribution in [2.45, 2.75) is 25.9 Å². The van der Waals surface area contributed by atoms with Gasteiger partial charge in [-0.15, -0.1) is 0 Å². The number of aryl methyl sites for hydroxylation is 1. The molecule has 3 heteroatoms.